The van der Waals surface area contributed by atoms with Crippen molar-refractivity contribution in [3.63, 3.8) is 0 Å². The van der Waals surface area contributed by atoms with Crippen molar-refractivity contribution in [3.8, 4) is 0 Å². The predicted octanol–water partition coefficient (Wildman–Crippen LogP) is 1.49. The highest BCUT2D eigenvalue weighted by Crippen LogP contribution is 2.10. The molecule has 0 bridgehead atoms. The van der Waals surface area contributed by atoms with Gasteiger partial charge in [-0.3, -0.25) is 4.79 Å². The monoisotopic (exact) mass is 164 g/mol. The van der Waals surface area contributed by atoms with E-state index < -0.39 is 11.4 Å². The lowest BCUT2D eigenvalue weighted by Gasteiger charge is -1.94. The standard InChI is InChI=1S/C5H4F2NOS/c1-3-2-8(4(6)7)5(9)10-3/h2,4H,1H2. The molecule has 1 aromatic heterocycles. The minimum absolute atomic E-state index is 0.352. The molecule has 0 amide bonds. The number of halogens is 2. The van der Waals surface area contributed by atoms with Crippen molar-refractivity contribution in [2.75, 3.05) is 0 Å². The maximum atomic E-state index is 11.8. The maximum Gasteiger partial charge on any atom is 0.322 e. The summed E-state index contributed by atoms with van der Waals surface area (Å²) in [5, 5.41) is 0. The third kappa shape index (κ3) is 1.23. The van der Waals surface area contributed by atoms with Crippen molar-refractivity contribution in [1.82, 2.24) is 4.57 Å². The van der Waals surface area contributed by atoms with E-state index in [9.17, 15) is 13.6 Å². The molecular weight excluding hydrogens is 160 g/mol. The summed E-state index contributed by atoms with van der Waals surface area (Å²) in [5.41, 5.74) is 0. The van der Waals surface area contributed by atoms with Gasteiger partial charge in [-0.25, -0.2) is 4.57 Å². The summed E-state index contributed by atoms with van der Waals surface area (Å²) >= 11 is 0.714. The van der Waals surface area contributed by atoms with Crippen molar-refractivity contribution in [3.05, 3.63) is 27.7 Å². The molecule has 0 spiro atoms. The molecule has 1 heterocycles. The van der Waals surface area contributed by atoms with Crippen molar-refractivity contribution in [2.45, 2.75) is 6.55 Å². The number of nitrogens with zero attached hydrogens (tertiary/aromatic N) is 1. The van der Waals surface area contributed by atoms with Crippen LogP contribution < -0.4 is 4.87 Å². The number of hydrogen-bond donors (Lipinski definition) is 0. The number of aromatic nitrogens is 1. The lowest BCUT2D eigenvalue weighted by molar-refractivity contribution is 0.0681. The summed E-state index contributed by atoms with van der Waals surface area (Å²) in [5.74, 6) is 0. The van der Waals surface area contributed by atoms with Crippen molar-refractivity contribution in [1.29, 1.82) is 0 Å². The Bertz CT molecular complexity index is 277. The Balaban J connectivity index is 3.16. The topological polar surface area (TPSA) is 22.0 Å². The first-order valence-electron chi connectivity index (χ1n) is 2.43. The molecule has 0 fully saturated rings. The minimum atomic E-state index is -2.75. The molecule has 2 nitrogen and oxygen atoms in total. The van der Waals surface area contributed by atoms with Gasteiger partial charge in [-0.1, -0.05) is 11.3 Å². The van der Waals surface area contributed by atoms with Crippen molar-refractivity contribution < 1.29 is 8.78 Å². The van der Waals surface area contributed by atoms with Crippen LogP contribution >= 0.6 is 11.3 Å². The highest BCUT2D eigenvalue weighted by molar-refractivity contribution is 7.09. The molecular formula is C5H4F2NOS. The molecule has 1 radical (unpaired) electrons. The fourth-order valence-electron chi connectivity index (χ4n) is 0.535. The fourth-order valence-corrected chi connectivity index (χ4v) is 1.16. The van der Waals surface area contributed by atoms with Gasteiger partial charge in [0.15, 0.2) is 0 Å². The van der Waals surface area contributed by atoms with Crippen LogP contribution in [-0.2, 0) is 0 Å². The molecule has 1 rings (SSSR count). The number of thiazole rings is 1. The molecule has 0 unspecified atom stereocenters. The molecule has 0 atom stereocenters. The number of alkyl halides is 2. The zero-order valence-electron chi connectivity index (χ0n) is 4.88. The molecule has 0 aliphatic rings. The molecule has 0 aliphatic heterocycles. The number of rotatable bonds is 1. The van der Waals surface area contributed by atoms with E-state index in [2.05, 4.69) is 6.92 Å². The van der Waals surface area contributed by atoms with Crippen molar-refractivity contribution in [2.24, 2.45) is 0 Å². The second-order valence-electron chi connectivity index (χ2n) is 1.65. The van der Waals surface area contributed by atoms with Crippen LogP contribution in [0.4, 0.5) is 8.78 Å². The van der Waals surface area contributed by atoms with Gasteiger partial charge in [0.1, 0.15) is 0 Å². The molecule has 5 heteroatoms. The minimum Gasteiger partial charge on any atom is -0.256 e. The highest BCUT2D eigenvalue weighted by atomic mass is 32.1. The third-order valence-corrected chi connectivity index (χ3v) is 1.68. The average molecular weight is 164 g/mol. The third-order valence-electron chi connectivity index (χ3n) is 0.923. The molecule has 0 saturated carbocycles. The van der Waals surface area contributed by atoms with E-state index in [1.54, 1.807) is 0 Å². The van der Waals surface area contributed by atoms with Crippen LogP contribution in [-0.4, -0.2) is 4.57 Å². The fraction of sp³-hybridized carbons (Fsp3) is 0.200. The van der Waals surface area contributed by atoms with Gasteiger partial charge in [0, 0.05) is 11.1 Å². The largest absolute Gasteiger partial charge is 0.322 e. The van der Waals surface area contributed by atoms with E-state index in [1.165, 1.54) is 0 Å². The summed E-state index contributed by atoms with van der Waals surface area (Å²) in [6.07, 6.45) is 1.04. The van der Waals surface area contributed by atoms with Gasteiger partial charge in [0.05, 0.1) is 0 Å². The van der Waals surface area contributed by atoms with E-state index in [-0.39, 0.29) is 0 Å². The Kier molecular flexibility index (Phi) is 1.85. The normalized spacial score (nSPS) is 10.8. The van der Waals surface area contributed by atoms with Gasteiger partial charge >= 0.3 is 11.4 Å². The lowest BCUT2D eigenvalue weighted by Crippen LogP contribution is -2.11. The first kappa shape index (κ1) is 7.40. The van der Waals surface area contributed by atoms with Crippen molar-refractivity contribution >= 4 is 11.3 Å². The van der Waals surface area contributed by atoms with Gasteiger partial charge < -0.3 is 0 Å². The first-order chi connectivity index (χ1) is 4.61. The zero-order chi connectivity index (χ0) is 7.72. The summed E-state index contributed by atoms with van der Waals surface area (Å²) in [6, 6.07) is 0. The highest BCUT2D eigenvalue weighted by Gasteiger charge is 2.08. The second-order valence-corrected chi connectivity index (χ2v) is 2.73. The molecule has 55 valence electrons. The maximum absolute atomic E-state index is 11.8. The van der Waals surface area contributed by atoms with Crippen LogP contribution in [0.25, 0.3) is 0 Å². The van der Waals surface area contributed by atoms with Crippen LogP contribution in [0.2, 0.25) is 0 Å². The summed E-state index contributed by atoms with van der Waals surface area (Å²) < 4.78 is 23.9. The molecule has 0 saturated heterocycles. The summed E-state index contributed by atoms with van der Waals surface area (Å²) in [7, 11) is 0. The van der Waals surface area contributed by atoms with Crippen LogP contribution in [0.3, 0.4) is 0 Å². The molecule has 0 aliphatic carbocycles. The molecule has 0 aromatic carbocycles. The van der Waals surface area contributed by atoms with Crippen LogP contribution in [0.1, 0.15) is 11.4 Å². The van der Waals surface area contributed by atoms with Gasteiger partial charge in [0.25, 0.3) is 0 Å². The molecule has 0 N–H and O–H groups in total. The second kappa shape index (κ2) is 2.49. The van der Waals surface area contributed by atoms with E-state index in [0.29, 0.717) is 20.8 Å². The van der Waals surface area contributed by atoms with Gasteiger partial charge in [-0.2, -0.15) is 8.78 Å². The van der Waals surface area contributed by atoms with Gasteiger partial charge in [0.2, 0.25) is 0 Å². The predicted molar refractivity (Wildman–Crippen MR) is 34.3 cm³/mol. The summed E-state index contributed by atoms with van der Waals surface area (Å²) in [4.78, 5) is 10.2. The van der Waals surface area contributed by atoms with Gasteiger partial charge in [-0.05, 0) is 6.92 Å². The summed E-state index contributed by atoms with van der Waals surface area (Å²) in [6.45, 7) is 0.598. The van der Waals surface area contributed by atoms with Crippen LogP contribution in [0.15, 0.2) is 11.0 Å². The van der Waals surface area contributed by atoms with E-state index in [1.807, 2.05) is 0 Å². The zero-order valence-corrected chi connectivity index (χ0v) is 5.70. The molecule has 1 aromatic rings. The van der Waals surface area contributed by atoms with Crippen LogP contribution in [0, 0.1) is 6.92 Å². The Hall–Kier alpha value is -0.710. The Morgan fingerprint density at radius 2 is 2.30 bits per heavy atom. The quantitative estimate of drug-likeness (QED) is 0.616. The van der Waals surface area contributed by atoms with E-state index in [4.69, 9.17) is 0 Å². The van der Waals surface area contributed by atoms with E-state index >= 15 is 0 Å². The van der Waals surface area contributed by atoms with E-state index in [0.717, 1.165) is 6.20 Å². The molecule has 10 heavy (non-hydrogen) atoms. The smallest absolute Gasteiger partial charge is 0.256 e. The van der Waals surface area contributed by atoms with Gasteiger partial charge in [-0.15, -0.1) is 0 Å². The SMILES string of the molecule is [CH2]c1cn(C(F)F)c(=O)s1. The Morgan fingerprint density at radius 1 is 1.70 bits per heavy atom. The Labute approximate surface area is 59.7 Å². The lowest BCUT2D eigenvalue weighted by atomic mass is 10.6. The first-order valence-corrected chi connectivity index (χ1v) is 3.25. The number of hydrogen-bond acceptors (Lipinski definition) is 2. The Morgan fingerprint density at radius 3 is 2.50 bits per heavy atom. The average Bonchev–Trinajstić information content (AvgIpc) is 2.10. The van der Waals surface area contributed by atoms with Crippen LogP contribution in [0.5, 0.6) is 0 Å².